The second-order valence-electron chi connectivity index (χ2n) is 4.27. The van der Waals surface area contributed by atoms with Crippen LogP contribution in [0.5, 0.6) is 0 Å². The quantitative estimate of drug-likeness (QED) is 0.586. The highest BCUT2D eigenvalue weighted by atomic mass is 14.0. The minimum atomic E-state index is 1.24. The zero-order valence-electron chi connectivity index (χ0n) is 12.0. The standard InChI is InChI=1S/C19H22/c1-4-6-7-8-10-13-17(3)16-18(5-2)19-14-11-9-12-15-19/h4-16H,1-3H3/b6-4+,8-7-,13-10-,17-16+,18-5+. The number of hydrogen-bond donors (Lipinski definition) is 0. The molecule has 0 atom stereocenters. The van der Waals surface area contributed by atoms with Crippen LogP contribution in [-0.4, -0.2) is 0 Å². The molecule has 0 aliphatic heterocycles. The maximum Gasteiger partial charge on any atom is -0.0187 e. The van der Waals surface area contributed by atoms with Crippen LogP contribution in [0.4, 0.5) is 0 Å². The average Bonchev–Trinajstić information content (AvgIpc) is 2.45. The molecule has 0 saturated heterocycles. The van der Waals surface area contributed by atoms with Gasteiger partial charge in [-0.05, 0) is 31.9 Å². The van der Waals surface area contributed by atoms with Crippen molar-refractivity contribution >= 4 is 5.57 Å². The Balaban J connectivity index is 2.77. The van der Waals surface area contributed by atoms with E-state index in [9.17, 15) is 0 Å². The van der Waals surface area contributed by atoms with Crippen LogP contribution in [0.1, 0.15) is 26.3 Å². The maximum absolute atomic E-state index is 2.20. The summed E-state index contributed by atoms with van der Waals surface area (Å²) in [6.07, 6.45) is 16.6. The summed E-state index contributed by atoms with van der Waals surface area (Å²) in [5, 5.41) is 0. The third kappa shape index (κ3) is 5.87. The number of allylic oxidation sites excluding steroid dienone is 10. The molecule has 0 nitrogen and oxygen atoms in total. The fourth-order valence-electron chi connectivity index (χ4n) is 1.70. The topological polar surface area (TPSA) is 0 Å². The number of hydrogen-bond acceptors (Lipinski definition) is 0. The number of benzene rings is 1. The Bertz CT molecular complexity index is 508. The van der Waals surface area contributed by atoms with Gasteiger partial charge >= 0.3 is 0 Å². The van der Waals surface area contributed by atoms with Crippen LogP contribution in [0.15, 0.2) is 84.5 Å². The van der Waals surface area contributed by atoms with E-state index >= 15 is 0 Å². The molecule has 0 fully saturated rings. The van der Waals surface area contributed by atoms with Crippen molar-refractivity contribution in [3.05, 3.63) is 90.1 Å². The average molecular weight is 250 g/mol. The van der Waals surface area contributed by atoms with Gasteiger partial charge in [0.25, 0.3) is 0 Å². The van der Waals surface area contributed by atoms with Crippen molar-refractivity contribution in [2.45, 2.75) is 20.8 Å². The lowest BCUT2D eigenvalue weighted by Crippen LogP contribution is -1.80. The van der Waals surface area contributed by atoms with E-state index in [2.05, 4.69) is 62.4 Å². The summed E-state index contributed by atoms with van der Waals surface area (Å²) in [5.41, 5.74) is 3.74. The van der Waals surface area contributed by atoms with E-state index in [0.29, 0.717) is 0 Å². The molecule has 0 unspecified atom stereocenters. The third-order valence-electron chi connectivity index (χ3n) is 2.69. The van der Waals surface area contributed by atoms with E-state index in [-0.39, 0.29) is 0 Å². The monoisotopic (exact) mass is 250 g/mol. The normalized spacial score (nSPS) is 14.1. The molecule has 0 saturated carbocycles. The Morgan fingerprint density at radius 1 is 0.895 bits per heavy atom. The molecule has 98 valence electrons. The Hall–Kier alpha value is -2.08. The molecule has 19 heavy (non-hydrogen) atoms. The van der Waals surface area contributed by atoms with Gasteiger partial charge in [-0.3, -0.25) is 0 Å². The van der Waals surface area contributed by atoms with Crippen LogP contribution in [0.2, 0.25) is 0 Å². The van der Waals surface area contributed by atoms with Gasteiger partial charge in [0.1, 0.15) is 0 Å². The minimum Gasteiger partial charge on any atom is -0.0877 e. The summed E-state index contributed by atoms with van der Waals surface area (Å²) in [5.74, 6) is 0. The van der Waals surface area contributed by atoms with E-state index in [1.165, 1.54) is 16.7 Å². The van der Waals surface area contributed by atoms with Gasteiger partial charge < -0.3 is 0 Å². The second kappa shape index (κ2) is 8.93. The Morgan fingerprint density at radius 3 is 2.21 bits per heavy atom. The molecule has 1 rings (SSSR count). The Kier molecular flexibility index (Phi) is 7.04. The van der Waals surface area contributed by atoms with Gasteiger partial charge in [-0.25, -0.2) is 0 Å². The van der Waals surface area contributed by atoms with Crippen molar-refractivity contribution in [1.82, 2.24) is 0 Å². The van der Waals surface area contributed by atoms with Gasteiger partial charge in [-0.2, -0.15) is 0 Å². The van der Waals surface area contributed by atoms with Crippen LogP contribution in [0, 0.1) is 0 Å². The van der Waals surface area contributed by atoms with E-state index < -0.39 is 0 Å². The maximum atomic E-state index is 2.20. The van der Waals surface area contributed by atoms with Gasteiger partial charge in [0.05, 0.1) is 0 Å². The fourth-order valence-corrected chi connectivity index (χ4v) is 1.70. The molecule has 1 aromatic carbocycles. The summed E-state index contributed by atoms with van der Waals surface area (Å²) in [6, 6.07) is 10.4. The summed E-state index contributed by atoms with van der Waals surface area (Å²) < 4.78 is 0. The Labute approximate surface area is 117 Å². The summed E-state index contributed by atoms with van der Waals surface area (Å²) in [7, 11) is 0. The van der Waals surface area contributed by atoms with E-state index in [0.717, 1.165) is 0 Å². The van der Waals surface area contributed by atoms with Crippen LogP contribution >= 0.6 is 0 Å². The van der Waals surface area contributed by atoms with Gasteiger partial charge in [-0.1, -0.05) is 84.5 Å². The Morgan fingerprint density at radius 2 is 1.58 bits per heavy atom. The summed E-state index contributed by atoms with van der Waals surface area (Å²) in [6.45, 7) is 6.20. The van der Waals surface area contributed by atoms with E-state index in [1.807, 2.05) is 37.3 Å². The van der Waals surface area contributed by atoms with Gasteiger partial charge in [0.15, 0.2) is 0 Å². The van der Waals surface area contributed by atoms with Gasteiger partial charge in [0.2, 0.25) is 0 Å². The van der Waals surface area contributed by atoms with Crippen molar-refractivity contribution in [2.24, 2.45) is 0 Å². The highest BCUT2D eigenvalue weighted by Crippen LogP contribution is 2.17. The van der Waals surface area contributed by atoms with Crippen LogP contribution < -0.4 is 0 Å². The molecule has 0 heterocycles. The predicted octanol–water partition coefficient (Wildman–Crippen LogP) is 5.72. The first kappa shape index (κ1) is 15.0. The molecule has 0 aromatic heterocycles. The lowest BCUT2D eigenvalue weighted by atomic mass is 10.0. The molecular weight excluding hydrogens is 228 g/mol. The molecule has 0 N–H and O–H groups in total. The lowest BCUT2D eigenvalue weighted by Gasteiger charge is -2.02. The highest BCUT2D eigenvalue weighted by molar-refractivity contribution is 5.74. The molecule has 0 aliphatic rings. The van der Waals surface area contributed by atoms with Crippen molar-refractivity contribution in [2.75, 3.05) is 0 Å². The molecular formula is C19H22. The van der Waals surface area contributed by atoms with E-state index in [4.69, 9.17) is 0 Å². The van der Waals surface area contributed by atoms with Crippen molar-refractivity contribution < 1.29 is 0 Å². The molecule has 0 radical (unpaired) electrons. The minimum absolute atomic E-state index is 1.24. The van der Waals surface area contributed by atoms with Crippen molar-refractivity contribution in [3.63, 3.8) is 0 Å². The molecule has 0 amide bonds. The van der Waals surface area contributed by atoms with Gasteiger partial charge in [0, 0.05) is 0 Å². The highest BCUT2D eigenvalue weighted by Gasteiger charge is 1.95. The first-order valence-electron chi connectivity index (χ1n) is 6.64. The van der Waals surface area contributed by atoms with Gasteiger partial charge in [-0.15, -0.1) is 0 Å². The summed E-state index contributed by atoms with van der Waals surface area (Å²) >= 11 is 0. The molecule has 0 heteroatoms. The van der Waals surface area contributed by atoms with Crippen LogP contribution in [0.25, 0.3) is 5.57 Å². The van der Waals surface area contributed by atoms with Crippen LogP contribution in [-0.2, 0) is 0 Å². The molecule has 1 aromatic rings. The third-order valence-corrected chi connectivity index (χ3v) is 2.69. The summed E-state index contributed by atoms with van der Waals surface area (Å²) in [4.78, 5) is 0. The zero-order chi connectivity index (χ0) is 13.9. The predicted molar refractivity (Wildman–Crippen MR) is 86.9 cm³/mol. The SMILES string of the molecule is C/C=C/C=C\C=C/C(C)=C/C(=C\C)c1ccccc1. The number of rotatable bonds is 5. The van der Waals surface area contributed by atoms with Crippen LogP contribution in [0.3, 0.4) is 0 Å². The fraction of sp³-hybridized carbons (Fsp3) is 0.158. The largest absolute Gasteiger partial charge is 0.0877 e. The molecule has 0 bridgehead atoms. The van der Waals surface area contributed by atoms with E-state index in [1.54, 1.807) is 0 Å². The smallest absolute Gasteiger partial charge is 0.0187 e. The first-order chi connectivity index (χ1) is 9.27. The first-order valence-corrected chi connectivity index (χ1v) is 6.64. The molecule has 0 aliphatic carbocycles. The lowest BCUT2D eigenvalue weighted by molar-refractivity contribution is 1.50. The molecule has 0 spiro atoms. The zero-order valence-corrected chi connectivity index (χ0v) is 12.0. The second-order valence-corrected chi connectivity index (χ2v) is 4.27. The van der Waals surface area contributed by atoms with Crippen molar-refractivity contribution in [3.8, 4) is 0 Å². The van der Waals surface area contributed by atoms with Crippen molar-refractivity contribution in [1.29, 1.82) is 0 Å².